The van der Waals surface area contributed by atoms with Crippen molar-refractivity contribution >= 4 is 21.8 Å². The molecule has 0 aliphatic heterocycles. The lowest BCUT2D eigenvalue weighted by Gasteiger charge is -2.11. The van der Waals surface area contributed by atoms with Crippen molar-refractivity contribution < 1.29 is 0 Å². The monoisotopic (exact) mass is 711 g/mol. The molecule has 0 N–H and O–H groups in total. The molecular formula is C55H37N. The van der Waals surface area contributed by atoms with Crippen LogP contribution in [0.4, 0.5) is 0 Å². The summed E-state index contributed by atoms with van der Waals surface area (Å²) in [6.07, 6.45) is 1.01. The first-order valence-electron chi connectivity index (χ1n) is 19.5. The van der Waals surface area contributed by atoms with Crippen molar-refractivity contribution in [2.45, 2.75) is 6.42 Å². The van der Waals surface area contributed by atoms with Crippen LogP contribution in [0.5, 0.6) is 0 Å². The summed E-state index contributed by atoms with van der Waals surface area (Å²) >= 11 is 0. The molecule has 9 aromatic carbocycles. The third-order valence-electron chi connectivity index (χ3n) is 11.7. The Morgan fingerprint density at radius 1 is 0.268 bits per heavy atom. The van der Waals surface area contributed by atoms with Gasteiger partial charge in [0.2, 0.25) is 0 Å². The topological polar surface area (TPSA) is 4.93 Å². The van der Waals surface area contributed by atoms with E-state index in [-0.39, 0.29) is 0 Å². The van der Waals surface area contributed by atoms with E-state index in [1.165, 1.54) is 99.7 Å². The summed E-state index contributed by atoms with van der Waals surface area (Å²) in [5, 5.41) is 2.49. The fourth-order valence-electron chi connectivity index (χ4n) is 8.74. The fraction of sp³-hybridized carbons (Fsp3) is 0.0182. The van der Waals surface area contributed by atoms with E-state index in [1.54, 1.807) is 0 Å². The molecule has 0 radical (unpaired) electrons. The molecule has 0 saturated heterocycles. The Bertz CT molecular complexity index is 2900. The van der Waals surface area contributed by atoms with Gasteiger partial charge in [0.1, 0.15) is 0 Å². The van der Waals surface area contributed by atoms with Gasteiger partial charge >= 0.3 is 0 Å². The molecule has 0 spiro atoms. The minimum atomic E-state index is 1.01. The number of nitrogens with zero attached hydrogens (tertiary/aromatic N) is 1. The van der Waals surface area contributed by atoms with E-state index < -0.39 is 0 Å². The molecule has 1 aromatic heterocycles. The Balaban J connectivity index is 1.01. The van der Waals surface area contributed by atoms with Crippen LogP contribution in [0, 0.1) is 0 Å². The van der Waals surface area contributed by atoms with Gasteiger partial charge in [0, 0.05) is 16.5 Å². The molecule has 56 heavy (non-hydrogen) atoms. The Morgan fingerprint density at radius 3 is 1.18 bits per heavy atom. The second kappa shape index (κ2) is 13.3. The summed E-state index contributed by atoms with van der Waals surface area (Å²) in [5.41, 5.74) is 21.3. The van der Waals surface area contributed by atoms with Crippen molar-refractivity contribution in [2.75, 3.05) is 0 Å². The summed E-state index contributed by atoms with van der Waals surface area (Å²) in [5.74, 6) is 0. The smallest absolute Gasteiger partial charge is 0.0541 e. The minimum Gasteiger partial charge on any atom is -0.309 e. The molecule has 0 unspecified atom stereocenters. The maximum Gasteiger partial charge on any atom is 0.0541 e. The summed E-state index contributed by atoms with van der Waals surface area (Å²) < 4.78 is 2.43. The van der Waals surface area contributed by atoms with Gasteiger partial charge in [0.05, 0.1) is 11.0 Å². The Hall–Kier alpha value is -7.22. The highest BCUT2D eigenvalue weighted by molar-refractivity contribution is 6.11. The Morgan fingerprint density at radius 2 is 0.643 bits per heavy atom. The summed E-state index contributed by atoms with van der Waals surface area (Å²) in [4.78, 5) is 0. The number of benzene rings is 9. The zero-order valence-electron chi connectivity index (χ0n) is 30.9. The highest BCUT2D eigenvalue weighted by Gasteiger charge is 2.19. The van der Waals surface area contributed by atoms with Crippen molar-refractivity contribution in [3.05, 3.63) is 223 Å². The maximum absolute atomic E-state index is 2.43. The van der Waals surface area contributed by atoms with Gasteiger partial charge in [-0.2, -0.15) is 0 Å². The molecule has 0 fully saturated rings. The van der Waals surface area contributed by atoms with Gasteiger partial charge in [-0.3, -0.25) is 0 Å². The van der Waals surface area contributed by atoms with Gasteiger partial charge in [-0.15, -0.1) is 0 Å². The number of hydrogen-bond donors (Lipinski definition) is 0. The second-order valence-corrected chi connectivity index (χ2v) is 14.9. The van der Waals surface area contributed by atoms with Crippen molar-refractivity contribution in [3.63, 3.8) is 0 Å². The molecule has 1 heterocycles. The average molecular weight is 712 g/mol. The Labute approximate surface area is 327 Å². The van der Waals surface area contributed by atoms with E-state index in [2.05, 4.69) is 217 Å². The van der Waals surface area contributed by atoms with Crippen LogP contribution in [-0.2, 0) is 6.42 Å². The van der Waals surface area contributed by atoms with Crippen LogP contribution in [0.25, 0.3) is 94.3 Å². The zero-order chi connectivity index (χ0) is 37.0. The largest absolute Gasteiger partial charge is 0.309 e. The van der Waals surface area contributed by atoms with Crippen LogP contribution in [0.15, 0.2) is 212 Å². The van der Waals surface area contributed by atoms with Crippen molar-refractivity contribution in [3.8, 4) is 72.4 Å². The van der Waals surface area contributed by atoms with Gasteiger partial charge in [0.25, 0.3) is 0 Å². The molecule has 0 atom stereocenters. The van der Waals surface area contributed by atoms with Crippen molar-refractivity contribution in [1.82, 2.24) is 4.57 Å². The highest BCUT2D eigenvalue weighted by Crippen LogP contribution is 2.41. The molecule has 0 saturated carbocycles. The first kappa shape index (κ1) is 32.2. The molecule has 0 bridgehead atoms. The molecular weight excluding hydrogens is 675 g/mol. The predicted molar refractivity (Wildman–Crippen MR) is 236 cm³/mol. The second-order valence-electron chi connectivity index (χ2n) is 14.9. The molecule has 1 heteroatoms. The van der Waals surface area contributed by atoms with Crippen molar-refractivity contribution in [2.24, 2.45) is 0 Å². The van der Waals surface area contributed by atoms with E-state index >= 15 is 0 Å². The Kier molecular flexibility index (Phi) is 7.64. The standard InChI is InChI=1S/C55H37N/c1-3-9-37(10-4-1)39-15-19-41(20-16-39)45-27-31-54-52(35-45)53-36-46(42-21-17-40(18-22-42)38-11-5-2-6-12-38)28-32-55(53)56(54)49-29-25-43(26-30-49)44-23-24-48-33-47-13-7-8-14-50(47)51(48)34-44/h1-32,34-36H,33H2. The molecule has 262 valence electrons. The third kappa shape index (κ3) is 5.56. The van der Waals surface area contributed by atoms with Crippen LogP contribution in [0.1, 0.15) is 11.1 Å². The normalized spacial score (nSPS) is 11.9. The lowest BCUT2D eigenvalue weighted by Crippen LogP contribution is -1.94. The average Bonchev–Trinajstić information content (AvgIpc) is 3.82. The first-order chi connectivity index (χ1) is 27.7. The van der Waals surface area contributed by atoms with Gasteiger partial charge < -0.3 is 4.57 Å². The molecule has 1 aliphatic carbocycles. The summed E-state index contributed by atoms with van der Waals surface area (Å²) in [7, 11) is 0. The van der Waals surface area contributed by atoms with Gasteiger partial charge in [-0.25, -0.2) is 0 Å². The zero-order valence-corrected chi connectivity index (χ0v) is 30.9. The van der Waals surface area contributed by atoms with Crippen molar-refractivity contribution in [1.29, 1.82) is 0 Å². The third-order valence-corrected chi connectivity index (χ3v) is 11.7. The van der Waals surface area contributed by atoms with E-state index in [9.17, 15) is 0 Å². The molecule has 1 aliphatic rings. The summed E-state index contributed by atoms with van der Waals surface area (Å²) in [6, 6.07) is 77.9. The van der Waals surface area contributed by atoms with Crippen LogP contribution in [0.3, 0.4) is 0 Å². The van der Waals surface area contributed by atoms with Crippen LogP contribution < -0.4 is 0 Å². The van der Waals surface area contributed by atoms with Crippen LogP contribution in [-0.4, -0.2) is 4.57 Å². The highest BCUT2D eigenvalue weighted by atomic mass is 15.0. The molecule has 0 amide bonds. The quantitative estimate of drug-likeness (QED) is 0.162. The minimum absolute atomic E-state index is 1.01. The number of hydrogen-bond acceptors (Lipinski definition) is 0. The lowest BCUT2D eigenvalue weighted by molar-refractivity contribution is 1.18. The van der Waals surface area contributed by atoms with Crippen LogP contribution in [0.2, 0.25) is 0 Å². The van der Waals surface area contributed by atoms with E-state index in [1.807, 2.05) is 0 Å². The van der Waals surface area contributed by atoms with Gasteiger partial charge in [-0.05, 0) is 127 Å². The SMILES string of the molecule is c1ccc(-c2ccc(-c3ccc4c(c3)c3cc(-c5ccc(-c6ccccc6)cc5)ccc3n4-c3ccc(-c4ccc5c(c4)-c4ccccc4C5)cc3)cc2)cc1. The predicted octanol–water partition coefficient (Wildman–Crippen LogP) is 14.7. The molecule has 11 rings (SSSR count). The van der Waals surface area contributed by atoms with E-state index in [0.717, 1.165) is 12.1 Å². The van der Waals surface area contributed by atoms with E-state index in [4.69, 9.17) is 0 Å². The number of aromatic nitrogens is 1. The first-order valence-corrected chi connectivity index (χ1v) is 19.5. The summed E-state index contributed by atoms with van der Waals surface area (Å²) in [6.45, 7) is 0. The number of fused-ring (bicyclic) bond motifs is 6. The van der Waals surface area contributed by atoms with E-state index in [0.29, 0.717) is 0 Å². The van der Waals surface area contributed by atoms with Gasteiger partial charge in [-0.1, -0.05) is 170 Å². The molecule has 10 aromatic rings. The fourth-order valence-corrected chi connectivity index (χ4v) is 8.74. The van der Waals surface area contributed by atoms with Gasteiger partial charge in [0.15, 0.2) is 0 Å². The van der Waals surface area contributed by atoms with Crippen LogP contribution >= 0.6 is 0 Å². The lowest BCUT2D eigenvalue weighted by atomic mass is 9.97. The maximum atomic E-state index is 2.43. The molecule has 1 nitrogen and oxygen atoms in total. The number of rotatable bonds is 6.